The number of rotatable bonds is 5. The van der Waals surface area contributed by atoms with E-state index in [1.807, 2.05) is 32.0 Å². The monoisotopic (exact) mass is 372 g/mol. The number of ether oxygens (including phenoxy) is 2. The lowest BCUT2D eigenvalue weighted by atomic mass is 9.94. The van der Waals surface area contributed by atoms with E-state index < -0.39 is 0 Å². The molecule has 2 heterocycles. The van der Waals surface area contributed by atoms with Crippen molar-refractivity contribution >= 4 is 22.2 Å². The Labute approximate surface area is 157 Å². The number of amides is 1. The Morgan fingerprint density at radius 1 is 1.08 bits per heavy atom. The Morgan fingerprint density at radius 3 is 2.65 bits per heavy atom. The lowest BCUT2D eigenvalue weighted by molar-refractivity contribution is 0.0935. The minimum Gasteiger partial charge on any atom is -0.490 e. The lowest BCUT2D eigenvalue weighted by Crippen LogP contribution is -2.38. The van der Waals surface area contributed by atoms with Crippen LogP contribution < -0.4 is 20.1 Å². The van der Waals surface area contributed by atoms with Gasteiger partial charge in [0, 0.05) is 4.88 Å². The van der Waals surface area contributed by atoms with Crippen molar-refractivity contribution < 1.29 is 14.3 Å². The van der Waals surface area contributed by atoms with E-state index in [1.165, 1.54) is 23.3 Å². The number of benzene rings is 1. The predicted molar refractivity (Wildman–Crippen MR) is 104 cm³/mol. The van der Waals surface area contributed by atoms with Gasteiger partial charge in [-0.05, 0) is 62.8 Å². The van der Waals surface area contributed by atoms with E-state index in [4.69, 9.17) is 9.47 Å². The van der Waals surface area contributed by atoms with E-state index in [2.05, 4.69) is 10.6 Å². The van der Waals surface area contributed by atoms with Crippen molar-refractivity contribution in [2.75, 3.05) is 18.5 Å². The zero-order chi connectivity index (χ0) is 18.1. The first kappa shape index (κ1) is 17.2. The van der Waals surface area contributed by atoms with Gasteiger partial charge in [0.15, 0.2) is 11.5 Å². The lowest BCUT2D eigenvalue weighted by Gasteiger charge is -2.27. The molecule has 138 valence electrons. The van der Waals surface area contributed by atoms with Gasteiger partial charge in [-0.1, -0.05) is 6.07 Å². The highest BCUT2D eigenvalue weighted by Crippen LogP contribution is 2.42. The van der Waals surface area contributed by atoms with Crippen LogP contribution in [0.25, 0.3) is 0 Å². The van der Waals surface area contributed by atoms with Crippen LogP contribution in [0.3, 0.4) is 0 Å². The van der Waals surface area contributed by atoms with E-state index in [0.717, 1.165) is 34.7 Å². The summed E-state index contributed by atoms with van der Waals surface area (Å²) in [5, 5.41) is 7.62. The third-order valence-corrected chi connectivity index (χ3v) is 6.07. The van der Waals surface area contributed by atoms with Crippen LogP contribution in [0.5, 0.6) is 11.5 Å². The first-order valence-electron chi connectivity index (χ1n) is 9.32. The molecule has 0 bridgehead atoms. The molecule has 26 heavy (non-hydrogen) atoms. The van der Waals surface area contributed by atoms with Crippen molar-refractivity contribution in [3.8, 4) is 11.5 Å². The number of carbonyl (C=O) groups excluding carboxylic acids is 1. The van der Waals surface area contributed by atoms with Crippen LogP contribution in [0.4, 0.5) is 5.00 Å². The van der Waals surface area contributed by atoms with Gasteiger partial charge in [0.05, 0.1) is 18.8 Å². The van der Waals surface area contributed by atoms with Crippen LogP contribution in [0.15, 0.2) is 18.2 Å². The number of hydrogen-bond acceptors (Lipinski definition) is 5. The van der Waals surface area contributed by atoms with E-state index >= 15 is 0 Å². The summed E-state index contributed by atoms with van der Waals surface area (Å²) in [6.45, 7) is 5.05. The van der Waals surface area contributed by atoms with Gasteiger partial charge in [0.1, 0.15) is 11.2 Å². The van der Waals surface area contributed by atoms with Gasteiger partial charge in [-0.2, -0.15) is 0 Å². The molecule has 1 amide bonds. The highest BCUT2D eigenvalue weighted by atomic mass is 32.1. The van der Waals surface area contributed by atoms with E-state index in [0.29, 0.717) is 19.0 Å². The number of carbonyl (C=O) groups is 1. The van der Waals surface area contributed by atoms with Gasteiger partial charge < -0.3 is 20.1 Å². The van der Waals surface area contributed by atoms with Crippen LogP contribution in [0.2, 0.25) is 0 Å². The number of aryl methyl sites for hydroxylation is 1. The van der Waals surface area contributed by atoms with Crippen molar-refractivity contribution in [3.63, 3.8) is 0 Å². The molecule has 1 aromatic carbocycles. The Hall–Kier alpha value is -2.21. The van der Waals surface area contributed by atoms with Gasteiger partial charge in [0.2, 0.25) is 0 Å². The molecule has 1 aliphatic heterocycles. The molecule has 2 aromatic rings. The number of anilines is 1. The summed E-state index contributed by atoms with van der Waals surface area (Å²) in [5.74, 6) is 1.46. The smallest absolute Gasteiger partial charge is 0.256 e. The molecule has 6 heteroatoms. The van der Waals surface area contributed by atoms with Crippen molar-refractivity contribution in [2.24, 2.45) is 0 Å². The molecule has 1 aliphatic carbocycles. The number of fused-ring (bicyclic) bond motifs is 3. The normalized spacial score (nSPS) is 18.4. The number of nitrogens with one attached hydrogen (secondary N) is 2. The standard InChI is InChI=1S/C20H24N2O3S/c1-3-24-14-10-9-12(11-15(14)25-4-2)18-21-19(23)17-13-7-5-6-8-16(13)26-20(17)22-18/h9-11,18,22H,3-8H2,1-2H3,(H,21,23)/t18-/m0/s1. The molecule has 0 radical (unpaired) electrons. The topological polar surface area (TPSA) is 59.6 Å². The first-order valence-corrected chi connectivity index (χ1v) is 10.1. The summed E-state index contributed by atoms with van der Waals surface area (Å²) in [5.41, 5.74) is 3.07. The summed E-state index contributed by atoms with van der Waals surface area (Å²) in [6.07, 6.45) is 4.23. The third-order valence-electron chi connectivity index (χ3n) is 4.85. The molecule has 5 nitrogen and oxygen atoms in total. The molecule has 0 unspecified atom stereocenters. The summed E-state index contributed by atoms with van der Waals surface area (Å²) in [7, 11) is 0. The third kappa shape index (κ3) is 3.03. The molecule has 0 saturated carbocycles. The first-order chi connectivity index (χ1) is 12.7. The fraction of sp³-hybridized carbons (Fsp3) is 0.450. The molecular weight excluding hydrogens is 348 g/mol. The largest absolute Gasteiger partial charge is 0.490 e. The van der Waals surface area contributed by atoms with E-state index in [9.17, 15) is 4.79 Å². The van der Waals surface area contributed by atoms with Crippen molar-refractivity contribution in [1.29, 1.82) is 0 Å². The zero-order valence-corrected chi connectivity index (χ0v) is 16.0. The summed E-state index contributed by atoms with van der Waals surface area (Å²) < 4.78 is 11.4. The second kappa shape index (κ2) is 7.19. The van der Waals surface area contributed by atoms with Crippen LogP contribution in [0, 0.1) is 0 Å². The maximum Gasteiger partial charge on any atom is 0.256 e. The molecule has 0 spiro atoms. The highest BCUT2D eigenvalue weighted by Gasteiger charge is 2.32. The molecule has 2 N–H and O–H groups in total. The fourth-order valence-electron chi connectivity index (χ4n) is 3.69. The minimum atomic E-state index is -0.259. The molecule has 1 aromatic heterocycles. The average Bonchev–Trinajstić information content (AvgIpc) is 3.02. The Morgan fingerprint density at radius 2 is 1.85 bits per heavy atom. The number of hydrogen-bond donors (Lipinski definition) is 2. The Kier molecular flexibility index (Phi) is 4.76. The quantitative estimate of drug-likeness (QED) is 0.822. The van der Waals surface area contributed by atoms with Gasteiger partial charge in [-0.3, -0.25) is 4.79 Å². The van der Waals surface area contributed by atoms with Crippen molar-refractivity contribution in [2.45, 2.75) is 45.7 Å². The second-order valence-corrected chi connectivity index (χ2v) is 7.64. The van der Waals surface area contributed by atoms with Crippen molar-refractivity contribution in [1.82, 2.24) is 5.32 Å². The Balaban J connectivity index is 1.64. The summed E-state index contributed by atoms with van der Waals surface area (Å²) in [4.78, 5) is 14.1. The van der Waals surface area contributed by atoms with E-state index in [-0.39, 0.29) is 12.1 Å². The van der Waals surface area contributed by atoms with Crippen LogP contribution in [-0.2, 0) is 12.8 Å². The molecule has 1 atom stereocenters. The van der Waals surface area contributed by atoms with E-state index in [1.54, 1.807) is 11.3 Å². The van der Waals surface area contributed by atoms with Gasteiger partial charge >= 0.3 is 0 Å². The fourth-order valence-corrected chi connectivity index (χ4v) is 5.01. The van der Waals surface area contributed by atoms with Gasteiger partial charge in [-0.15, -0.1) is 11.3 Å². The second-order valence-electron chi connectivity index (χ2n) is 6.54. The maximum atomic E-state index is 12.8. The van der Waals surface area contributed by atoms with Gasteiger partial charge in [-0.25, -0.2) is 0 Å². The maximum absolute atomic E-state index is 12.8. The van der Waals surface area contributed by atoms with Crippen LogP contribution in [-0.4, -0.2) is 19.1 Å². The van der Waals surface area contributed by atoms with Crippen LogP contribution in [0.1, 0.15) is 59.2 Å². The number of thiophene rings is 1. The molecule has 0 saturated heterocycles. The average molecular weight is 372 g/mol. The van der Waals surface area contributed by atoms with Gasteiger partial charge in [0.25, 0.3) is 5.91 Å². The predicted octanol–water partition coefficient (Wildman–Crippen LogP) is 4.28. The zero-order valence-electron chi connectivity index (χ0n) is 15.2. The summed E-state index contributed by atoms with van der Waals surface area (Å²) >= 11 is 1.74. The summed E-state index contributed by atoms with van der Waals surface area (Å²) in [6, 6.07) is 5.83. The van der Waals surface area contributed by atoms with Crippen LogP contribution >= 0.6 is 11.3 Å². The molecular formula is C20H24N2O3S. The van der Waals surface area contributed by atoms with Crippen molar-refractivity contribution in [3.05, 3.63) is 39.8 Å². The molecule has 0 fully saturated rings. The molecule has 4 rings (SSSR count). The minimum absolute atomic E-state index is 0.0231. The highest BCUT2D eigenvalue weighted by molar-refractivity contribution is 7.16. The molecule has 2 aliphatic rings. The SMILES string of the molecule is CCOc1ccc([C@H]2NC(=O)c3c(sc4c3CCCC4)N2)cc1OCC. The Bertz CT molecular complexity index is 831.